The topological polar surface area (TPSA) is 40.8 Å². The fourth-order valence-electron chi connectivity index (χ4n) is 1.37. The van der Waals surface area contributed by atoms with Crippen LogP contribution in [0.4, 0.5) is 0 Å². The molecule has 0 aliphatic rings. The average molecular weight is 281 g/mol. The molecule has 2 rings (SSSR count). The molecule has 105 valence electrons. The maximum Gasteiger partial charge on any atom is 0.246 e. The lowest BCUT2D eigenvalue weighted by Gasteiger charge is -2.14. The predicted molar refractivity (Wildman–Crippen MR) is 76.3 cm³/mol. The molecule has 0 fully saturated rings. The molecule has 0 saturated carbocycles. The van der Waals surface area contributed by atoms with Gasteiger partial charge in [0.1, 0.15) is 0 Å². The van der Waals surface area contributed by atoms with Gasteiger partial charge in [0.15, 0.2) is 11.2 Å². The van der Waals surface area contributed by atoms with Crippen molar-refractivity contribution in [2.75, 3.05) is 13.2 Å². The molecule has 0 atom stereocenters. The van der Waals surface area contributed by atoms with E-state index in [1.165, 1.54) is 0 Å². The smallest absolute Gasteiger partial charge is 0.246 e. The van der Waals surface area contributed by atoms with Gasteiger partial charge in [0.2, 0.25) is 22.0 Å². The second kappa shape index (κ2) is 6.82. The highest BCUT2D eigenvalue weighted by atomic mass is 28.2. The van der Waals surface area contributed by atoms with Crippen LogP contribution in [0, 0.1) is 0 Å². The summed E-state index contributed by atoms with van der Waals surface area (Å²) < 4.78 is 21.0. The van der Waals surface area contributed by atoms with Crippen molar-refractivity contribution in [1.82, 2.24) is 0 Å². The lowest BCUT2D eigenvalue weighted by molar-refractivity contribution is 0.147. The fraction of sp³-hybridized carbons (Fsp3) is 0.571. The first-order chi connectivity index (χ1) is 8.92. The van der Waals surface area contributed by atoms with Crippen LogP contribution in [-0.2, 0) is 4.43 Å². The molecule has 0 aliphatic carbocycles. The summed E-state index contributed by atoms with van der Waals surface area (Å²) in [6.45, 7) is 11.1. The van der Waals surface area contributed by atoms with Crippen LogP contribution < -0.4 is 9.47 Å². The normalized spacial score (nSPS) is 11.3. The van der Waals surface area contributed by atoms with Crippen molar-refractivity contribution in [2.45, 2.75) is 40.2 Å². The minimum Gasteiger partial charge on any atom is -0.487 e. The summed E-state index contributed by atoms with van der Waals surface area (Å²) >= 11 is 0. The van der Waals surface area contributed by atoms with Gasteiger partial charge in [-0.05, 0) is 46.8 Å². The third-order valence-electron chi connectivity index (χ3n) is 2.14. The third kappa shape index (κ3) is 4.43. The molecule has 0 aliphatic heterocycles. The lowest BCUT2D eigenvalue weighted by atomic mass is 10.2. The zero-order valence-corrected chi connectivity index (χ0v) is 13.2. The second-order valence-electron chi connectivity index (χ2n) is 4.90. The van der Waals surface area contributed by atoms with E-state index in [0.717, 1.165) is 22.7 Å². The quantitative estimate of drug-likeness (QED) is 0.804. The molecule has 0 amide bonds. The molecule has 4 nitrogen and oxygen atoms in total. The first-order valence-corrected chi connectivity index (χ1v) is 6.79. The number of furan rings is 2. The number of hydrogen-bond acceptors (Lipinski definition) is 4. The van der Waals surface area contributed by atoms with E-state index in [0.29, 0.717) is 13.2 Å². The van der Waals surface area contributed by atoms with Crippen molar-refractivity contribution in [2.24, 2.45) is 0 Å². The zero-order valence-electron chi connectivity index (χ0n) is 12.2. The van der Waals surface area contributed by atoms with Crippen molar-refractivity contribution in [3.8, 4) is 11.5 Å². The Balaban J connectivity index is 0.000000258. The van der Waals surface area contributed by atoms with Crippen molar-refractivity contribution < 1.29 is 18.3 Å². The molecule has 3 radical (unpaired) electrons. The lowest BCUT2D eigenvalue weighted by Crippen LogP contribution is -2.16. The van der Waals surface area contributed by atoms with Crippen LogP contribution >= 0.6 is 0 Å². The van der Waals surface area contributed by atoms with Gasteiger partial charge in [-0.25, -0.2) is 0 Å². The molecule has 0 aromatic carbocycles. The summed E-state index contributed by atoms with van der Waals surface area (Å²) in [5.74, 6) is 1.48. The zero-order chi connectivity index (χ0) is 14.5. The summed E-state index contributed by atoms with van der Waals surface area (Å²) in [7, 11) is 2.91. The SMILES string of the molecule is CC(C)(C)O[Si].CCOc1c(OCC)c2ccc1o2. The maximum absolute atomic E-state index is 5.42. The molecule has 2 aromatic heterocycles. The fourth-order valence-corrected chi connectivity index (χ4v) is 1.37. The molecular formula is C14H21O4Si. The molecular weight excluding hydrogens is 260 g/mol. The highest BCUT2D eigenvalue weighted by Crippen LogP contribution is 2.42. The van der Waals surface area contributed by atoms with E-state index in [1.807, 2.05) is 46.8 Å². The van der Waals surface area contributed by atoms with Gasteiger partial charge in [0.25, 0.3) is 0 Å². The van der Waals surface area contributed by atoms with E-state index in [-0.39, 0.29) is 5.60 Å². The van der Waals surface area contributed by atoms with Crippen molar-refractivity contribution in [3.05, 3.63) is 12.1 Å². The number of benzene rings is 1. The number of rotatable bonds is 4. The van der Waals surface area contributed by atoms with E-state index in [1.54, 1.807) is 0 Å². The molecule has 0 N–H and O–H groups in total. The molecule has 0 spiro atoms. The van der Waals surface area contributed by atoms with E-state index >= 15 is 0 Å². The van der Waals surface area contributed by atoms with Crippen LogP contribution in [0.25, 0.3) is 11.2 Å². The van der Waals surface area contributed by atoms with Crippen LogP contribution in [0.1, 0.15) is 34.6 Å². The molecule has 0 saturated heterocycles. The number of fused-ring (bicyclic) bond motifs is 2. The minimum absolute atomic E-state index is 0.0448. The van der Waals surface area contributed by atoms with Gasteiger partial charge in [-0.15, -0.1) is 0 Å². The average Bonchev–Trinajstić information content (AvgIpc) is 2.93. The molecule has 2 aromatic rings. The van der Waals surface area contributed by atoms with E-state index < -0.39 is 0 Å². The Morgan fingerprint density at radius 2 is 1.37 bits per heavy atom. The van der Waals surface area contributed by atoms with Crippen LogP contribution in [-0.4, -0.2) is 29.3 Å². The van der Waals surface area contributed by atoms with Gasteiger partial charge in [0, 0.05) is 5.60 Å². The van der Waals surface area contributed by atoms with E-state index in [4.69, 9.17) is 18.3 Å². The first-order valence-electron chi connectivity index (χ1n) is 6.38. The van der Waals surface area contributed by atoms with Gasteiger partial charge < -0.3 is 18.3 Å². The molecule has 0 unspecified atom stereocenters. The summed E-state index contributed by atoms with van der Waals surface area (Å²) in [5, 5.41) is 0. The van der Waals surface area contributed by atoms with Gasteiger partial charge >= 0.3 is 0 Å². The number of hydrogen-bond donors (Lipinski definition) is 0. The summed E-state index contributed by atoms with van der Waals surface area (Å²) in [6, 6.07) is 3.78. The van der Waals surface area contributed by atoms with Crippen molar-refractivity contribution in [3.63, 3.8) is 0 Å². The Bertz CT molecular complexity index is 438. The van der Waals surface area contributed by atoms with Gasteiger partial charge in [-0.2, -0.15) is 0 Å². The predicted octanol–water partition coefficient (Wildman–Crippen LogP) is 3.55. The van der Waals surface area contributed by atoms with E-state index in [9.17, 15) is 0 Å². The summed E-state index contributed by atoms with van der Waals surface area (Å²) in [5.41, 5.74) is 1.48. The molecule has 5 heteroatoms. The monoisotopic (exact) mass is 281 g/mol. The van der Waals surface area contributed by atoms with Crippen LogP contribution in [0.3, 0.4) is 0 Å². The summed E-state index contributed by atoms with van der Waals surface area (Å²) in [4.78, 5) is 0. The van der Waals surface area contributed by atoms with Crippen LogP contribution in [0.2, 0.25) is 0 Å². The highest BCUT2D eigenvalue weighted by molar-refractivity contribution is 5.98. The minimum atomic E-state index is -0.0448. The Kier molecular flexibility index (Phi) is 5.69. The number of ether oxygens (including phenoxy) is 2. The van der Waals surface area contributed by atoms with Gasteiger partial charge in [-0.3, -0.25) is 0 Å². The third-order valence-corrected chi connectivity index (χ3v) is 2.76. The molecule has 19 heavy (non-hydrogen) atoms. The first kappa shape index (κ1) is 15.9. The standard InChI is InChI=1S/C10H12O3.C4H9OSi/c1-3-11-9-7-5-6-8(13-7)10(9)12-4-2;1-4(2,3)5-6/h5-6H,3-4H2,1-2H3;1-3H3. The van der Waals surface area contributed by atoms with Crippen LogP contribution in [0.5, 0.6) is 11.5 Å². The highest BCUT2D eigenvalue weighted by Gasteiger charge is 2.18. The maximum atomic E-state index is 5.42. The largest absolute Gasteiger partial charge is 0.487 e. The second-order valence-corrected chi connectivity index (χ2v) is 5.11. The Morgan fingerprint density at radius 3 is 1.63 bits per heavy atom. The van der Waals surface area contributed by atoms with E-state index in [2.05, 4.69) is 10.5 Å². The van der Waals surface area contributed by atoms with Gasteiger partial charge in [0.05, 0.1) is 13.2 Å². The Labute approximate surface area is 117 Å². The molecule has 2 heterocycles. The van der Waals surface area contributed by atoms with Crippen molar-refractivity contribution >= 4 is 21.7 Å². The van der Waals surface area contributed by atoms with Gasteiger partial charge in [-0.1, -0.05) is 0 Å². The van der Waals surface area contributed by atoms with Crippen LogP contribution in [0.15, 0.2) is 16.5 Å². The Morgan fingerprint density at radius 1 is 1.00 bits per heavy atom. The van der Waals surface area contributed by atoms with Crippen molar-refractivity contribution in [1.29, 1.82) is 0 Å². The Hall–Kier alpha value is -1.20. The molecule has 2 bridgehead atoms. The summed E-state index contributed by atoms with van der Waals surface area (Å²) in [6.07, 6.45) is 0.